The molecule has 0 radical (unpaired) electrons. The van der Waals surface area contributed by atoms with Gasteiger partial charge in [0.15, 0.2) is 0 Å². The lowest BCUT2D eigenvalue weighted by atomic mass is 9.76. The Morgan fingerprint density at radius 2 is 1.57 bits per heavy atom. The first kappa shape index (κ1) is 38.0. The van der Waals surface area contributed by atoms with Gasteiger partial charge in [0.25, 0.3) is 0 Å². The van der Waals surface area contributed by atoms with E-state index in [0.29, 0.717) is 0 Å². The average molecular weight is 642 g/mol. The van der Waals surface area contributed by atoms with Crippen molar-refractivity contribution in [1.82, 2.24) is 25.4 Å². The van der Waals surface area contributed by atoms with Crippen LogP contribution >= 0.6 is 0 Å². The molecule has 0 bridgehead atoms. The lowest BCUT2D eigenvalue weighted by Crippen LogP contribution is -2.61. The second-order valence-electron chi connectivity index (χ2n) is 13.9. The minimum absolute atomic E-state index is 0.124. The number of nitrogens with zero attached hydrogens (tertiary/aromatic N) is 2. The molecule has 1 aromatic carbocycles. The van der Waals surface area contributed by atoms with Gasteiger partial charge in [-0.05, 0) is 36.9 Å². The normalized spacial score (nSPS) is 15.2. The molecule has 0 aliphatic carbocycles. The summed E-state index contributed by atoms with van der Waals surface area (Å²) in [4.78, 5) is 65.0. The smallest absolute Gasteiger partial charge is 0.326 e. The Morgan fingerprint density at radius 3 is 2.07 bits per heavy atom. The maximum atomic E-state index is 14.1. The number of hydrogen-bond acceptors (Lipinski definition) is 6. The predicted octanol–water partition coefficient (Wildman–Crippen LogP) is 3.05. The molecule has 2 rings (SSSR count). The van der Waals surface area contributed by atoms with Gasteiger partial charge in [-0.1, -0.05) is 72.7 Å². The topological polar surface area (TPSA) is 170 Å². The molecule has 0 fully saturated rings. The SMILES string of the molecule is CN[C@H](C(=O)N[C@H](C(=O)N(C)[C@H](/C=C(\C)C(=O)N[C@H](CC(=O)O)C(=O)O)C(C)C)C(C)(C)C)C(C)(C)c1cn(C)c2ccccc12. The molecular formula is C34H51N5O7. The van der Waals surface area contributed by atoms with Crippen LogP contribution in [-0.2, 0) is 36.4 Å². The fourth-order valence-electron chi connectivity index (χ4n) is 5.79. The van der Waals surface area contributed by atoms with E-state index in [9.17, 15) is 29.1 Å². The molecule has 4 atom stereocenters. The number of fused-ring (bicyclic) bond motifs is 1. The van der Waals surface area contributed by atoms with Gasteiger partial charge in [-0.25, -0.2) is 4.79 Å². The van der Waals surface area contributed by atoms with Crippen molar-refractivity contribution in [2.45, 2.75) is 91.4 Å². The zero-order valence-electron chi connectivity index (χ0n) is 28.9. The van der Waals surface area contributed by atoms with Gasteiger partial charge < -0.3 is 35.6 Å². The van der Waals surface area contributed by atoms with E-state index in [1.54, 1.807) is 20.2 Å². The number of carboxylic acids is 2. The van der Waals surface area contributed by atoms with Crippen LogP contribution in [0.1, 0.15) is 67.4 Å². The number of carbonyl (C=O) groups is 5. The summed E-state index contributed by atoms with van der Waals surface area (Å²) in [6.45, 7) is 14.8. The lowest BCUT2D eigenvalue weighted by Gasteiger charge is -2.39. The van der Waals surface area contributed by atoms with Crippen molar-refractivity contribution >= 4 is 40.6 Å². The maximum Gasteiger partial charge on any atom is 0.326 e. The Bertz CT molecular complexity index is 1480. The van der Waals surface area contributed by atoms with Crippen molar-refractivity contribution in [3.8, 4) is 0 Å². The number of rotatable bonds is 14. The molecule has 254 valence electrons. The summed E-state index contributed by atoms with van der Waals surface area (Å²) < 4.78 is 2.03. The summed E-state index contributed by atoms with van der Waals surface area (Å²) in [5.74, 6) is -4.46. The van der Waals surface area contributed by atoms with Crippen LogP contribution in [-0.4, -0.2) is 87.6 Å². The third-order valence-electron chi connectivity index (χ3n) is 8.50. The standard InChI is InChI=1S/C34H51N5O7/c1-19(2)25(16-20(3)29(42)36-23(32(45)46)17-26(40)41)39(11)31(44)28(33(4,5)6)37-30(43)27(35-9)34(7,8)22-18-38(10)24-15-13-12-14-21(22)24/h12-16,18-19,23,25,27-28,35H,17H2,1-11H3,(H,36,42)(H,37,43)(H,40,41)(H,45,46)/b20-16+/t23-,25-,27-,28-/m1/s1. The van der Waals surface area contributed by atoms with Gasteiger partial charge >= 0.3 is 11.9 Å². The zero-order chi connectivity index (χ0) is 35.3. The van der Waals surface area contributed by atoms with Gasteiger partial charge in [-0.3, -0.25) is 19.2 Å². The molecule has 0 aliphatic rings. The molecule has 12 nitrogen and oxygen atoms in total. The Morgan fingerprint density at radius 1 is 0.978 bits per heavy atom. The molecule has 3 amide bonds. The molecule has 2 aromatic rings. The Balaban J connectivity index is 2.39. The van der Waals surface area contributed by atoms with Gasteiger partial charge in [0.2, 0.25) is 17.7 Å². The fraction of sp³-hybridized carbons (Fsp3) is 0.559. The van der Waals surface area contributed by atoms with Crippen LogP contribution in [0.4, 0.5) is 0 Å². The largest absolute Gasteiger partial charge is 0.481 e. The number of aliphatic carboxylic acids is 2. The number of carboxylic acid groups (broad SMARTS) is 2. The molecule has 0 saturated carbocycles. The fourth-order valence-corrected chi connectivity index (χ4v) is 5.79. The van der Waals surface area contributed by atoms with E-state index in [1.807, 2.05) is 90.5 Å². The highest BCUT2D eigenvalue weighted by Crippen LogP contribution is 2.35. The van der Waals surface area contributed by atoms with Crippen LogP contribution in [0.15, 0.2) is 42.1 Å². The van der Waals surface area contributed by atoms with E-state index >= 15 is 0 Å². The highest BCUT2D eigenvalue weighted by molar-refractivity contribution is 5.97. The number of aryl methyl sites for hydroxylation is 1. The van der Waals surface area contributed by atoms with Gasteiger partial charge in [0.05, 0.1) is 18.5 Å². The van der Waals surface area contributed by atoms with Crippen LogP contribution in [0, 0.1) is 11.3 Å². The van der Waals surface area contributed by atoms with Crippen LogP contribution < -0.4 is 16.0 Å². The number of benzene rings is 1. The van der Waals surface area contributed by atoms with E-state index in [-0.39, 0.29) is 23.3 Å². The minimum atomic E-state index is -1.61. The number of likely N-dealkylation sites (N-methyl/N-ethyl adjacent to an activating group) is 2. The van der Waals surface area contributed by atoms with Crippen molar-refractivity contribution < 1.29 is 34.2 Å². The maximum absolute atomic E-state index is 14.1. The highest BCUT2D eigenvalue weighted by Gasteiger charge is 2.42. The predicted molar refractivity (Wildman–Crippen MR) is 177 cm³/mol. The second kappa shape index (κ2) is 14.9. The molecule has 5 N–H and O–H groups in total. The number of aromatic nitrogens is 1. The monoisotopic (exact) mass is 641 g/mol. The number of carbonyl (C=O) groups excluding carboxylic acids is 3. The van der Waals surface area contributed by atoms with Crippen LogP contribution in [0.2, 0.25) is 0 Å². The summed E-state index contributed by atoms with van der Waals surface area (Å²) >= 11 is 0. The van der Waals surface area contributed by atoms with E-state index in [1.165, 1.54) is 11.8 Å². The van der Waals surface area contributed by atoms with Crippen molar-refractivity contribution in [2.24, 2.45) is 18.4 Å². The molecule has 0 aliphatic heterocycles. The highest BCUT2D eigenvalue weighted by atomic mass is 16.4. The van der Waals surface area contributed by atoms with Crippen molar-refractivity contribution in [1.29, 1.82) is 0 Å². The third-order valence-corrected chi connectivity index (χ3v) is 8.50. The van der Waals surface area contributed by atoms with E-state index < -0.39 is 59.3 Å². The number of amides is 3. The summed E-state index contributed by atoms with van der Waals surface area (Å²) in [6.07, 6.45) is 2.80. The Hall–Kier alpha value is -4.19. The van der Waals surface area contributed by atoms with Crippen LogP contribution in [0.25, 0.3) is 10.9 Å². The molecule has 12 heteroatoms. The number of para-hydroxylation sites is 1. The zero-order valence-corrected chi connectivity index (χ0v) is 28.9. The van der Waals surface area contributed by atoms with Crippen LogP contribution in [0.3, 0.4) is 0 Å². The molecular weight excluding hydrogens is 590 g/mol. The molecule has 0 saturated heterocycles. The van der Waals surface area contributed by atoms with Gasteiger partial charge in [-0.15, -0.1) is 0 Å². The van der Waals surface area contributed by atoms with Crippen molar-refractivity contribution in [3.63, 3.8) is 0 Å². The van der Waals surface area contributed by atoms with E-state index in [2.05, 4.69) is 16.0 Å². The molecule has 0 spiro atoms. The third kappa shape index (κ3) is 8.74. The quantitative estimate of drug-likeness (QED) is 0.196. The molecule has 46 heavy (non-hydrogen) atoms. The molecule has 1 aromatic heterocycles. The first-order chi connectivity index (χ1) is 21.1. The van der Waals surface area contributed by atoms with Gasteiger partial charge in [-0.2, -0.15) is 0 Å². The van der Waals surface area contributed by atoms with Gasteiger partial charge in [0, 0.05) is 42.2 Å². The van der Waals surface area contributed by atoms with Crippen LogP contribution in [0.5, 0.6) is 0 Å². The number of nitrogens with one attached hydrogen (secondary N) is 3. The molecule has 1 heterocycles. The van der Waals surface area contributed by atoms with Crippen molar-refractivity contribution in [3.05, 3.63) is 47.7 Å². The second-order valence-corrected chi connectivity index (χ2v) is 13.9. The lowest BCUT2D eigenvalue weighted by molar-refractivity contribution is -0.146. The van der Waals surface area contributed by atoms with Gasteiger partial charge in [0.1, 0.15) is 12.1 Å². The summed E-state index contributed by atoms with van der Waals surface area (Å²) in [5.41, 5.74) is 0.800. The Labute approximate surface area is 271 Å². The molecule has 0 unspecified atom stereocenters. The average Bonchev–Trinajstić information content (AvgIpc) is 3.29. The van der Waals surface area contributed by atoms with Crippen molar-refractivity contribution in [2.75, 3.05) is 14.1 Å². The summed E-state index contributed by atoms with van der Waals surface area (Å²) in [6, 6.07) is 4.16. The summed E-state index contributed by atoms with van der Waals surface area (Å²) in [5, 5.41) is 27.8. The first-order valence-electron chi connectivity index (χ1n) is 15.4. The summed E-state index contributed by atoms with van der Waals surface area (Å²) in [7, 11) is 5.28. The first-order valence-corrected chi connectivity index (χ1v) is 15.4. The number of hydrogen-bond donors (Lipinski definition) is 5. The Kier molecular flexibility index (Phi) is 12.3. The van der Waals surface area contributed by atoms with E-state index in [0.717, 1.165) is 16.5 Å². The minimum Gasteiger partial charge on any atom is -0.481 e. The van der Waals surface area contributed by atoms with E-state index in [4.69, 9.17) is 5.11 Å².